The number of hydrogen-bond donors (Lipinski definition) is 1. The summed E-state index contributed by atoms with van der Waals surface area (Å²) in [7, 11) is -3.58. The Morgan fingerprint density at radius 1 is 1.21 bits per heavy atom. The largest absolute Gasteiger partial charge is 0.459 e. The second-order valence-electron chi connectivity index (χ2n) is 6.09. The Hall–Kier alpha value is -2.91. The maximum atomic E-state index is 12.0. The minimum Gasteiger partial charge on any atom is -0.459 e. The van der Waals surface area contributed by atoms with Gasteiger partial charge < -0.3 is 9.14 Å². The summed E-state index contributed by atoms with van der Waals surface area (Å²) in [5.41, 5.74) is 1.80. The molecule has 0 saturated heterocycles. The Kier molecular flexibility index (Phi) is 4.78. The zero-order valence-corrected chi connectivity index (χ0v) is 16.1. The van der Waals surface area contributed by atoms with E-state index in [1.165, 1.54) is 6.07 Å². The molecule has 0 unspecified atom stereocenters. The highest BCUT2D eigenvalue weighted by Crippen LogP contribution is 2.22. The van der Waals surface area contributed by atoms with Crippen molar-refractivity contribution in [1.82, 2.24) is 14.1 Å². The number of fused-ring (bicyclic) bond motifs is 2. The van der Waals surface area contributed by atoms with E-state index in [1.807, 2.05) is 0 Å². The number of carbonyl (C=O) groups is 1. The van der Waals surface area contributed by atoms with E-state index in [0.717, 1.165) is 0 Å². The number of nitrogens with zero attached hydrogens (tertiary/aromatic N) is 3. The Labute approximate surface area is 165 Å². The number of amidine groups is 1. The molecule has 0 radical (unpaired) electrons. The lowest BCUT2D eigenvalue weighted by molar-refractivity contribution is -0.144. The third-order valence-corrected chi connectivity index (χ3v) is 5.72. The van der Waals surface area contributed by atoms with Crippen LogP contribution in [0.5, 0.6) is 0 Å². The van der Waals surface area contributed by atoms with Gasteiger partial charge in [-0.15, -0.1) is 0 Å². The van der Waals surface area contributed by atoms with Crippen LogP contribution in [0, 0.1) is 0 Å². The molecule has 10 heteroatoms. The third-order valence-electron chi connectivity index (χ3n) is 4.09. The summed E-state index contributed by atoms with van der Waals surface area (Å²) in [4.78, 5) is 20.7. The van der Waals surface area contributed by atoms with Crippen LogP contribution in [0.1, 0.15) is 17.7 Å². The molecule has 0 saturated carbocycles. The molecular weight excluding hydrogens is 404 g/mol. The van der Waals surface area contributed by atoms with Crippen LogP contribution in [0.2, 0.25) is 5.02 Å². The summed E-state index contributed by atoms with van der Waals surface area (Å²) < 4.78 is 33.4. The van der Waals surface area contributed by atoms with E-state index in [1.54, 1.807) is 47.1 Å². The molecule has 144 valence electrons. The molecule has 1 aromatic carbocycles. The number of sulfonamides is 1. The van der Waals surface area contributed by atoms with E-state index >= 15 is 0 Å². The first-order valence-electron chi connectivity index (χ1n) is 8.38. The summed E-state index contributed by atoms with van der Waals surface area (Å²) in [5, 5.41) is 0.580. The molecule has 0 spiro atoms. The van der Waals surface area contributed by atoms with Crippen molar-refractivity contribution in [2.45, 2.75) is 17.9 Å². The van der Waals surface area contributed by atoms with Gasteiger partial charge in [0.25, 0.3) is 10.0 Å². The highest BCUT2D eigenvalue weighted by Gasteiger charge is 2.29. The number of halogens is 1. The summed E-state index contributed by atoms with van der Waals surface area (Å²) in [5.74, 6) is -0.214. The van der Waals surface area contributed by atoms with Crippen molar-refractivity contribution < 1.29 is 17.9 Å². The molecule has 1 aliphatic rings. The SMILES string of the molecule is O=C(CCN=C1NS(=O)(=O)c2ccccc21)OCc1cn2cc(Cl)ccc2n1. The average Bonchev–Trinajstić information content (AvgIpc) is 3.18. The summed E-state index contributed by atoms with van der Waals surface area (Å²) in [6.07, 6.45) is 3.47. The van der Waals surface area contributed by atoms with Crippen LogP contribution in [-0.2, 0) is 26.2 Å². The van der Waals surface area contributed by atoms with Crippen LogP contribution in [0.4, 0.5) is 0 Å². The van der Waals surface area contributed by atoms with Gasteiger partial charge in [0.1, 0.15) is 18.1 Å². The molecule has 0 fully saturated rings. The third kappa shape index (κ3) is 3.71. The van der Waals surface area contributed by atoms with Gasteiger partial charge in [-0.3, -0.25) is 14.5 Å². The molecule has 3 heterocycles. The molecule has 1 N–H and O–H groups in total. The molecule has 28 heavy (non-hydrogen) atoms. The summed E-state index contributed by atoms with van der Waals surface area (Å²) in [6.45, 7) is 0.135. The number of pyridine rings is 1. The van der Waals surface area contributed by atoms with E-state index < -0.39 is 16.0 Å². The Morgan fingerprint density at radius 2 is 2.04 bits per heavy atom. The Morgan fingerprint density at radius 3 is 2.89 bits per heavy atom. The van der Waals surface area contributed by atoms with Crippen LogP contribution in [0.3, 0.4) is 0 Å². The molecule has 1 aliphatic heterocycles. The normalized spacial score (nSPS) is 16.1. The smallest absolute Gasteiger partial charge is 0.308 e. The molecule has 0 bridgehead atoms. The lowest BCUT2D eigenvalue weighted by Gasteiger charge is -2.02. The average molecular weight is 419 g/mol. The molecule has 2 aromatic heterocycles. The number of carbonyl (C=O) groups excluding carboxylic acids is 1. The maximum Gasteiger partial charge on any atom is 0.308 e. The number of esters is 1. The Bertz CT molecular complexity index is 1200. The van der Waals surface area contributed by atoms with Gasteiger partial charge >= 0.3 is 5.97 Å². The molecule has 8 nitrogen and oxygen atoms in total. The predicted molar refractivity (Wildman–Crippen MR) is 103 cm³/mol. The van der Waals surface area contributed by atoms with Gasteiger partial charge in [-0.2, -0.15) is 0 Å². The minimum absolute atomic E-state index is 0.0204. The van der Waals surface area contributed by atoms with Gasteiger partial charge in [0.05, 0.1) is 28.6 Å². The van der Waals surface area contributed by atoms with Crippen molar-refractivity contribution in [3.63, 3.8) is 0 Å². The first-order valence-corrected chi connectivity index (χ1v) is 10.2. The van der Waals surface area contributed by atoms with Crippen molar-refractivity contribution in [3.8, 4) is 0 Å². The molecule has 4 rings (SSSR count). The molecular formula is C18H15ClN4O4S. The van der Waals surface area contributed by atoms with Crippen LogP contribution in [0.25, 0.3) is 5.65 Å². The molecule has 0 amide bonds. The number of hydrogen-bond acceptors (Lipinski definition) is 6. The van der Waals surface area contributed by atoms with E-state index in [2.05, 4.69) is 14.7 Å². The number of rotatable bonds is 5. The fraction of sp³-hybridized carbons (Fsp3) is 0.167. The standard InChI is InChI=1S/C18H15ClN4O4S/c19-12-5-6-16-21-13(10-23(16)9-12)11-27-17(24)7-8-20-18-14-3-1-2-4-15(14)28(25,26)22-18/h1-6,9-10H,7-8,11H2,(H,20,22). The lowest BCUT2D eigenvalue weighted by atomic mass is 10.2. The fourth-order valence-electron chi connectivity index (χ4n) is 2.82. The van der Waals surface area contributed by atoms with Gasteiger partial charge in [0, 0.05) is 18.0 Å². The quantitative estimate of drug-likeness (QED) is 0.639. The monoisotopic (exact) mass is 418 g/mol. The maximum absolute atomic E-state index is 12.0. The topological polar surface area (TPSA) is 102 Å². The number of ether oxygens (including phenoxy) is 1. The predicted octanol–water partition coefficient (Wildman–Crippen LogP) is 2.16. The van der Waals surface area contributed by atoms with Crippen LogP contribution in [0.15, 0.2) is 58.7 Å². The van der Waals surface area contributed by atoms with Crippen molar-refractivity contribution in [2.75, 3.05) is 6.54 Å². The summed E-state index contributed by atoms with van der Waals surface area (Å²) in [6, 6.07) is 10.0. The van der Waals surface area contributed by atoms with E-state index in [0.29, 0.717) is 21.9 Å². The van der Waals surface area contributed by atoms with E-state index in [-0.39, 0.29) is 30.3 Å². The number of nitrogens with one attached hydrogen (secondary N) is 1. The van der Waals surface area contributed by atoms with Crippen LogP contribution < -0.4 is 4.72 Å². The second kappa shape index (κ2) is 7.25. The lowest BCUT2D eigenvalue weighted by Crippen LogP contribution is -2.22. The first-order chi connectivity index (χ1) is 13.4. The van der Waals surface area contributed by atoms with Gasteiger partial charge in [0.2, 0.25) is 0 Å². The minimum atomic E-state index is -3.58. The summed E-state index contributed by atoms with van der Waals surface area (Å²) >= 11 is 5.93. The van der Waals surface area contributed by atoms with Crippen LogP contribution in [-0.4, -0.2) is 36.2 Å². The van der Waals surface area contributed by atoms with Crippen LogP contribution >= 0.6 is 11.6 Å². The van der Waals surface area contributed by atoms with Crippen molar-refractivity contribution in [3.05, 3.63) is 65.1 Å². The number of imidazole rings is 1. The number of aliphatic imine (C=N–C) groups is 1. The molecule has 3 aromatic rings. The van der Waals surface area contributed by atoms with Gasteiger partial charge in [-0.25, -0.2) is 13.4 Å². The highest BCUT2D eigenvalue weighted by molar-refractivity contribution is 7.90. The van der Waals surface area contributed by atoms with E-state index in [4.69, 9.17) is 16.3 Å². The zero-order valence-electron chi connectivity index (χ0n) is 14.5. The van der Waals surface area contributed by atoms with Crippen molar-refractivity contribution in [1.29, 1.82) is 0 Å². The first kappa shape index (κ1) is 18.5. The van der Waals surface area contributed by atoms with E-state index in [9.17, 15) is 13.2 Å². The number of benzene rings is 1. The highest BCUT2D eigenvalue weighted by atomic mass is 35.5. The van der Waals surface area contributed by atoms with Gasteiger partial charge in [-0.1, -0.05) is 23.7 Å². The zero-order chi connectivity index (χ0) is 19.7. The molecule has 0 atom stereocenters. The van der Waals surface area contributed by atoms with Gasteiger partial charge in [0.15, 0.2) is 0 Å². The Balaban J connectivity index is 1.34. The van der Waals surface area contributed by atoms with Gasteiger partial charge in [-0.05, 0) is 24.3 Å². The number of aromatic nitrogens is 2. The van der Waals surface area contributed by atoms with Crippen molar-refractivity contribution in [2.24, 2.45) is 4.99 Å². The second-order valence-corrected chi connectivity index (χ2v) is 8.17. The molecule has 0 aliphatic carbocycles. The fourth-order valence-corrected chi connectivity index (χ4v) is 4.24. The van der Waals surface area contributed by atoms with Crippen molar-refractivity contribution >= 4 is 39.1 Å².